The molecule has 6 heteroatoms. The quantitative estimate of drug-likeness (QED) is 0.578. The van der Waals surface area contributed by atoms with Gasteiger partial charge in [0, 0.05) is 10.9 Å². The van der Waals surface area contributed by atoms with Gasteiger partial charge in [0.05, 0.1) is 18.7 Å². The molecule has 0 saturated carbocycles. The molecule has 0 radical (unpaired) electrons. The van der Waals surface area contributed by atoms with E-state index in [1.807, 2.05) is 56.3 Å². The summed E-state index contributed by atoms with van der Waals surface area (Å²) in [5.41, 5.74) is 4.54. The molecule has 6 nitrogen and oxygen atoms in total. The number of carbonyl (C=O) groups excluding carboxylic acids is 3. The molecule has 3 aromatic rings. The monoisotopic (exact) mass is 407 g/mol. The van der Waals surface area contributed by atoms with Crippen molar-refractivity contribution in [2.24, 2.45) is 0 Å². The second kappa shape index (κ2) is 9.39. The fourth-order valence-electron chi connectivity index (χ4n) is 3.26. The number of hydrogen-bond donors (Lipinski definition) is 1. The van der Waals surface area contributed by atoms with Crippen molar-refractivity contribution in [3.05, 3.63) is 71.0 Å². The number of fused-ring (bicyclic) bond motifs is 1. The summed E-state index contributed by atoms with van der Waals surface area (Å²) in [7, 11) is 0. The standard InChI is InChI=1S/C24H25NO5/c1-15-9-10-20-19(13-30-24(20)16(15)2)12-23(28)29-14-22(27)25-21(17(3)26)11-18-7-5-4-6-8-18/h4-10,13,21H,11-12,14H2,1-3H3,(H,25,27)/t21-/m1/s1. The van der Waals surface area contributed by atoms with Crippen LogP contribution in [-0.4, -0.2) is 30.3 Å². The number of hydrogen-bond acceptors (Lipinski definition) is 5. The average molecular weight is 407 g/mol. The summed E-state index contributed by atoms with van der Waals surface area (Å²) in [6.45, 7) is 4.95. The van der Waals surface area contributed by atoms with Crippen LogP contribution in [-0.2, 0) is 32.0 Å². The molecule has 1 N–H and O–H groups in total. The molecule has 0 fully saturated rings. The number of carbonyl (C=O) groups is 3. The van der Waals surface area contributed by atoms with Crippen molar-refractivity contribution in [1.29, 1.82) is 0 Å². The van der Waals surface area contributed by atoms with Gasteiger partial charge in [-0.05, 0) is 43.9 Å². The molecule has 156 valence electrons. The molecule has 3 rings (SSSR count). The SMILES string of the molecule is CC(=O)[C@@H](Cc1ccccc1)NC(=O)COC(=O)Cc1coc2c(C)c(C)ccc12. The van der Waals surface area contributed by atoms with Crippen molar-refractivity contribution >= 4 is 28.6 Å². The third-order valence-corrected chi connectivity index (χ3v) is 5.15. The molecule has 0 aliphatic rings. The Morgan fingerprint density at radius 3 is 2.50 bits per heavy atom. The number of amides is 1. The molecule has 0 aliphatic heterocycles. The minimum absolute atomic E-state index is 0.00291. The molecule has 0 aliphatic carbocycles. The summed E-state index contributed by atoms with van der Waals surface area (Å²) in [6.07, 6.45) is 1.93. The Morgan fingerprint density at radius 1 is 1.07 bits per heavy atom. The van der Waals surface area contributed by atoms with Gasteiger partial charge in [-0.2, -0.15) is 0 Å². The van der Waals surface area contributed by atoms with Crippen LogP contribution in [0.25, 0.3) is 11.0 Å². The number of ketones is 1. The zero-order valence-electron chi connectivity index (χ0n) is 17.4. The Hall–Kier alpha value is -3.41. The first-order valence-electron chi connectivity index (χ1n) is 9.80. The second-order valence-corrected chi connectivity index (χ2v) is 7.40. The van der Waals surface area contributed by atoms with Gasteiger partial charge in [-0.1, -0.05) is 42.5 Å². The molecule has 1 atom stereocenters. The van der Waals surface area contributed by atoms with E-state index in [0.29, 0.717) is 12.0 Å². The van der Waals surface area contributed by atoms with E-state index in [0.717, 1.165) is 27.7 Å². The van der Waals surface area contributed by atoms with Crippen LogP contribution in [0.4, 0.5) is 0 Å². The van der Waals surface area contributed by atoms with Crippen LogP contribution in [0.2, 0.25) is 0 Å². The fourth-order valence-corrected chi connectivity index (χ4v) is 3.26. The van der Waals surface area contributed by atoms with Crippen LogP contribution in [0.5, 0.6) is 0 Å². The molecule has 1 aromatic heterocycles. The van der Waals surface area contributed by atoms with E-state index in [9.17, 15) is 14.4 Å². The summed E-state index contributed by atoms with van der Waals surface area (Å²) in [5, 5.41) is 3.50. The Morgan fingerprint density at radius 2 is 1.80 bits per heavy atom. The van der Waals surface area contributed by atoms with Gasteiger partial charge in [-0.15, -0.1) is 0 Å². The highest BCUT2D eigenvalue weighted by Gasteiger charge is 2.19. The minimum atomic E-state index is -0.664. The van der Waals surface area contributed by atoms with Gasteiger partial charge >= 0.3 is 5.97 Å². The Balaban J connectivity index is 1.54. The zero-order valence-corrected chi connectivity index (χ0v) is 17.4. The zero-order chi connectivity index (χ0) is 21.7. The lowest BCUT2D eigenvalue weighted by molar-refractivity contribution is -0.148. The molecule has 0 spiro atoms. The van der Waals surface area contributed by atoms with E-state index in [2.05, 4.69) is 5.32 Å². The average Bonchev–Trinajstić information content (AvgIpc) is 3.12. The largest absolute Gasteiger partial charge is 0.464 e. The lowest BCUT2D eigenvalue weighted by atomic mass is 10.0. The van der Waals surface area contributed by atoms with Crippen molar-refractivity contribution in [1.82, 2.24) is 5.32 Å². The molecule has 1 heterocycles. The second-order valence-electron chi connectivity index (χ2n) is 7.40. The molecule has 2 aromatic carbocycles. The highest BCUT2D eigenvalue weighted by atomic mass is 16.5. The van der Waals surface area contributed by atoms with E-state index in [4.69, 9.17) is 9.15 Å². The maximum Gasteiger partial charge on any atom is 0.310 e. The van der Waals surface area contributed by atoms with Crippen molar-refractivity contribution < 1.29 is 23.5 Å². The van der Waals surface area contributed by atoms with Crippen molar-refractivity contribution in [3.8, 4) is 0 Å². The predicted octanol–water partition coefficient (Wildman–Crippen LogP) is 3.45. The minimum Gasteiger partial charge on any atom is -0.464 e. The third-order valence-electron chi connectivity index (χ3n) is 5.15. The first-order valence-corrected chi connectivity index (χ1v) is 9.80. The molecular weight excluding hydrogens is 382 g/mol. The molecule has 0 unspecified atom stereocenters. The number of nitrogens with one attached hydrogen (secondary N) is 1. The summed E-state index contributed by atoms with van der Waals surface area (Å²) in [4.78, 5) is 36.3. The lowest BCUT2D eigenvalue weighted by Gasteiger charge is -2.16. The van der Waals surface area contributed by atoms with Gasteiger partial charge in [0.2, 0.25) is 0 Å². The third kappa shape index (κ3) is 5.14. The first kappa shape index (κ1) is 21.3. The van der Waals surface area contributed by atoms with Gasteiger partial charge in [-0.25, -0.2) is 0 Å². The Labute approximate surface area is 175 Å². The van der Waals surface area contributed by atoms with Gasteiger partial charge in [0.15, 0.2) is 12.4 Å². The maximum atomic E-state index is 12.2. The smallest absolute Gasteiger partial charge is 0.310 e. The van der Waals surface area contributed by atoms with Crippen molar-refractivity contribution in [2.75, 3.05) is 6.61 Å². The van der Waals surface area contributed by atoms with Crippen LogP contribution in [0, 0.1) is 13.8 Å². The topological polar surface area (TPSA) is 85.6 Å². The Bertz CT molecular complexity index is 1070. The lowest BCUT2D eigenvalue weighted by Crippen LogP contribution is -2.43. The van der Waals surface area contributed by atoms with E-state index in [1.165, 1.54) is 6.92 Å². The van der Waals surface area contributed by atoms with E-state index in [1.54, 1.807) is 6.26 Å². The van der Waals surface area contributed by atoms with E-state index < -0.39 is 24.5 Å². The highest BCUT2D eigenvalue weighted by molar-refractivity contribution is 5.90. The van der Waals surface area contributed by atoms with Crippen LogP contribution in [0.1, 0.15) is 29.2 Å². The van der Waals surface area contributed by atoms with Crippen molar-refractivity contribution in [2.45, 2.75) is 39.7 Å². The van der Waals surface area contributed by atoms with E-state index >= 15 is 0 Å². The first-order chi connectivity index (χ1) is 14.3. The van der Waals surface area contributed by atoms with Gasteiger partial charge < -0.3 is 14.5 Å². The van der Waals surface area contributed by atoms with Crippen LogP contribution in [0.3, 0.4) is 0 Å². The number of Topliss-reactive ketones (excluding diaryl/α,β-unsaturated/α-hetero) is 1. The normalized spacial score (nSPS) is 11.8. The highest BCUT2D eigenvalue weighted by Crippen LogP contribution is 2.26. The molecule has 30 heavy (non-hydrogen) atoms. The molecule has 0 bridgehead atoms. The summed E-state index contributed by atoms with van der Waals surface area (Å²) >= 11 is 0. The fraction of sp³-hybridized carbons (Fsp3) is 0.292. The van der Waals surface area contributed by atoms with Crippen molar-refractivity contribution in [3.63, 3.8) is 0 Å². The molecule has 0 saturated heterocycles. The number of rotatable bonds is 8. The number of ether oxygens (including phenoxy) is 1. The van der Waals surface area contributed by atoms with E-state index in [-0.39, 0.29) is 12.2 Å². The summed E-state index contributed by atoms with van der Waals surface area (Å²) in [5.74, 6) is -1.20. The van der Waals surface area contributed by atoms with Gasteiger partial charge in [-0.3, -0.25) is 14.4 Å². The number of furan rings is 1. The van der Waals surface area contributed by atoms with Crippen LogP contribution in [0.15, 0.2) is 53.1 Å². The van der Waals surface area contributed by atoms with Crippen LogP contribution < -0.4 is 5.32 Å². The molecular formula is C24H25NO5. The summed E-state index contributed by atoms with van der Waals surface area (Å²) < 4.78 is 10.7. The van der Waals surface area contributed by atoms with Gasteiger partial charge in [0.1, 0.15) is 5.58 Å². The van der Waals surface area contributed by atoms with Gasteiger partial charge in [0.25, 0.3) is 5.91 Å². The number of benzene rings is 2. The van der Waals surface area contributed by atoms with Crippen LogP contribution >= 0.6 is 0 Å². The number of esters is 1. The molecule has 1 amide bonds. The maximum absolute atomic E-state index is 12.2. The summed E-state index contributed by atoms with van der Waals surface area (Å²) in [6, 6.07) is 12.6. The Kier molecular flexibility index (Phi) is 6.67. The number of aryl methyl sites for hydroxylation is 2. The predicted molar refractivity (Wildman–Crippen MR) is 113 cm³/mol.